The van der Waals surface area contributed by atoms with Crippen LogP contribution in [-0.2, 0) is 11.3 Å². The van der Waals surface area contributed by atoms with E-state index >= 15 is 0 Å². The minimum absolute atomic E-state index is 0.0690. The Balaban J connectivity index is 2.18. The fourth-order valence-corrected chi connectivity index (χ4v) is 3.49. The minimum Gasteiger partial charge on any atom is -0.356 e. The minimum atomic E-state index is -0.439. The van der Waals surface area contributed by atoms with E-state index in [2.05, 4.69) is 15.9 Å². The average molecular weight is 355 g/mol. The zero-order valence-electron chi connectivity index (χ0n) is 11.8. The molecule has 0 bridgehead atoms. The van der Waals surface area contributed by atoms with Crippen molar-refractivity contribution in [2.75, 3.05) is 6.61 Å². The van der Waals surface area contributed by atoms with E-state index < -0.39 is 5.43 Å². The van der Waals surface area contributed by atoms with Gasteiger partial charge in [-0.15, -0.1) is 0 Å². The van der Waals surface area contributed by atoms with Crippen LogP contribution in [0.1, 0.15) is 41.1 Å². The van der Waals surface area contributed by atoms with Crippen LogP contribution >= 0.6 is 15.9 Å². The Morgan fingerprint density at radius 1 is 1.43 bits per heavy atom. The Morgan fingerprint density at radius 2 is 2.14 bits per heavy atom. The molecule has 0 N–H and O–H groups in total. The summed E-state index contributed by atoms with van der Waals surface area (Å²) in [5.41, 5.74) is -0.0690. The molecule has 1 amide bonds. The smallest absolute Gasteiger partial charge is 0.274 e. The summed E-state index contributed by atoms with van der Waals surface area (Å²) in [6.45, 7) is 4.34. The molecule has 2 aliphatic heterocycles. The molecule has 1 saturated heterocycles. The van der Waals surface area contributed by atoms with Crippen LogP contribution in [0.3, 0.4) is 0 Å². The molecule has 1 aromatic heterocycles. The zero-order valence-corrected chi connectivity index (χ0v) is 13.3. The van der Waals surface area contributed by atoms with Gasteiger partial charge in [-0.2, -0.15) is 0 Å². The van der Waals surface area contributed by atoms with Gasteiger partial charge in [-0.1, -0.05) is 0 Å². The summed E-state index contributed by atoms with van der Waals surface area (Å²) in [6.07, 6.45) is 1.89. The Morgan fingerprint density at radius 3 is 2.81 bits per heavy atom. The number of hydrogen-bond donors (Lipinski definition) is 0. The third-order valence-corrected chi connectivity index (χ3v) is 4.76. The second kappa shape index (κ2) is 5.06. The molecule has 0 aliphatic carbocycles. The first-order valence-corrected chi connectivity index (χ1v) is 7.59. The first-order chi connectivity index (χ1) is 9.91. The number of carbonyl (C=O) groups is 2. The normalized spacial score (nSPS) is 24.5. The van der Waals surface area contributed by atoms with E-state index in [1.54, 1.807) is 9.47 Å². The van der Waals surface area contributed by atoms with Crippen LogP contribution in [0.2, 0.25) is 0 Å². The van der Waals surface area contributed by atoms with Gasteiger partial charge in [0.2, 0.25) is 5.43 Å². The maximum atomic E-state index is 12.7. The third-order valence-electron chi connectivity index (χ3n) is 4.02. The lowest BCUT2D eigenvalue weighted by atomic mass is 10.1. The number of hydrogen-bond acceptors (Lipinski definition) is 4. The Bertz CT molecular complexity index is 697. The molecule has 0 unspecified atom stereocenters. The van der Waals surface area contributed by atoms with Gasteiger partial charge in [-0.05, 0) is 36.2 Å². The lowest BCUT2D eigenvalue weighted by molar-refractivity contribution is -0.112. The van der Waals surface area contributed by atoms with Crippen molar-refractivity contribution in [2.24, 2.45) is 0 Å². The molecular formula is C14H15BrN2O4. The van der Waals surface area contributed by atoms with Crippen molar-refractivity contribution in [3.63, 3.8) is 0 Å². The number of aromatic nitrogens is 1. The van der Waals surface area contributed by atoms with E-state index in [1.165, 1.54) is 13.1 Å². The second-order valence-corrected chi connectivity index (χ2v) is 6.21. The SMILES string of the molecule is CC(=O)c1cn2c(c(Br)c1=O)C(=O)N1[C@H](C)CCO[C@H]1C2. The van der Waals surface area contributed by atoms with Crippen LogP contribution < -0.4 is 5.43 Å². The Kier molecular flexibility index (Phi) is 3.49. The largest absolute Gasteiger partial charge is 0.356 e. The number of nitrogens with zero attached hydrogens (tertiary/aromatic N) is 2. The van der Waals surface area contributed by atoms with E-state index in [4.69, 9.17) is 4.74 Å². The summed E-state index contributed by atoms with van der Waals surface area (Å²) < 4.78 is 7.45. The van der Waals surface area contributed by atoms with Crippen LogP contribution in [0.15, 0.2) is 15.5 Å². The highest BCUT2D eigenvalue weighted by Crippen LogP contribution is 2.28. The van der Waals surface area contributed by atoms with Crippen LogP contribution in [0.5, 0.6) is 0 Å². The Labute approximate surface area is 129 Å². The standard InChI is InChI=1S/C14H15BrN2O4/c1-7-3-4-21-10-6-16-5-9(8(2)18)13(19)11(15)12(16)14(20)17(7)10/h5,7,10H,3-4,6H2,1-2H3/t7-,10+/m1/s1. The molecule has 1 fully saturated rings. The Hall–Kier alpha value is -1.47. The van der Waals surface area contributed by atoms with Gasteiger partial charge < -0.3 is 14.2 Å². The number of ether oxygens (including phenoxy) is 1. The molecule has 0 radical (unpaired) electrons. The van der Waals surface area contributed by atoms with Gasteiger partial charge in [-0.25, -0.2) is 0 Å². The molecule has 3 heterocycles. The maximum absolute atomic E-state index is 12.7. The maximum Gasteiger partial charge on any atom is 0.274 e. The van der Waals surface area contributed by atoms with Gasteiger partial charge in [0.25, 0.3) is 5.91 Å². The number of halogens is 1. The van der Waals surface area contributed by atoms with Crippen LogP contribution in [0.4, 0.5) is 0 Å². The number of Topliss-reactive ketones (excluding diaryl/α,β-unsaturated/α-hetero) is 1. The summed E-state index contributed by atoms with van der Waals surface area (Å²) >= 11 is 3.19. The highest BCUT2D eigenvalue weighted by Gasteiger charge is 2.40. The van der Waals surface area contributed by atoms with E-state index in [0.717, 1.165) is 6.42 Å². The highest BCUT2D eigenvalue weighted by atomic mass is 79.9. The number of amides is 1. The number of rotatable bonds is 1. The van der Waals surface area contributed by atoms with Gasteiger partial charge in [0.05, 0.1) is 23.2 Å². The average Bonchev–Trinajstić information content (AvgIpc) is 2.42. The number of pyridine rings is 1. The zero-order chi connectivity index (χ0) is 15.3. The predicted molar refractivity (Wildman–Crippen MR) is 78.4 cm³/mol. The third kappa shape index (κ3) is 2.15. The van der Waals surface area contributed by atoms with Gasteiger partial charge in [0, 0.05) is 12.2 Å². The van der Waals surface area contributed by atoms with E-state index in [-0.39, 0.29) is 34.0 Å². The predicted octanol–water partition coefficient (Wildman–Crippen LogP) is 1.40. The molecule has 0 aromatic carbocycles. The summed E-state index contributed by atoms with van der Waals surface area (Å²) in [7, 11) is 0. The molecule has 0 saturated carbocycles. The molecule has 112 valence electrons. The molecular weight excluding hydrogens is 340 g/mol. The summed E-state index contributed by atoms with van der Waals surface area (Å²) in [5, 5.41) is 0. The second-order valence-electron chi connectivity index (χ2n) is 5.42. The molecule has 7 heteroatoms. The van der Waals surface area contributed by atoms with Crippen LogP contribution in [-0.4, -0.2) is 40.0 Å². The van der Waals surface area contributed by atoms with Gasteiger partial charge in [0.1, 0.15) is 5.69 Å². The van der Waals surface area contributed by atoms with Crippen molar-refractivity contribution in [3.8, 4) is 0 Å². The molecule has 0 spiro atoms. The molecule has 1 aromatic rings. The number of carbonyl (C=O) groups excluding carboxylic acids is 2. The van der Waals surface area contributed by atoms with Gasteiger partial charge in [-0.3, -0.25) is 14.4 Å². The van der Waals surface area contributed by atoms with Gasteiger partial charge in [0.15, 0.2) is 12.0 Å². The van der Waals surface area contributed by atoms with Crippen molar-refractivity contribution in [1.82, 2.24) is 9.47 Å². The van der Waals surface area contributed by atoms with Crippen molar-refractivity contribution >= 4 is 27.6 Å². The number of fused-ring (bicyclic) bond motifs is 2. The van der Waals surface area contributed by atoms with Crippen LogP contribution in [0, 0.1) is 0 Å². The topological polar surface area (TPSA) is 68.6 Å². The lowest BCUT2D eigenvalue weighted by Crippen LogP contribution is -2.57. The fourth-order valence-electron chi connectivity index (χ4n) is 2.88. The molecule has 3 rings (SSSR count). The van der Waals surface area contributed by atoms with Crippen LogP contribution in [0.25, 0.3) is 0 Å². The van der Waals surface area contributed by atoms with Gasteiger partial charge >= 0.3 is 0 Å². The molecule has 21 heavy (non-hydrogen) atoms. The van der Waals surface area contributed by atoms with Crippen molar-refractivity contribution in [3.05, 3.63) is 32.2 Å². The highest BCUT2D eigenvalue weighted by molar-refractivity contribution is 9.10. The quantitative estimate of drug-likeness (QED) is 0.715. The summed E-state index contributed by atoms with van der Waals surface area (Å²) in [4.78, 5) is 38.1. The van der Waals surface area contributed by atoms with Crippen molar-refractivity contribution in [2.45, 2.75) is 39.1 Å². The molecule has 6 nitrogen and oxygen atoms in total. The van der Waals surface area contributed by atoms with E-state index in [0.29, 0.717) is 18.8 Å². The van der Waals surface area contributed by atoms with E-state index in [1.807, 2.05) is 6.92 Å². The molecule has 2 aliphatic rings. The fraction of sp³-hybridized carbons (Fsp3) is 0.500. The number of ketones is 1. The first kappa shape index (κ1) is 14.5. The van der Waals surface area contributed by atoms with Crippen molar-refractivity contribution < 1.29 is 14.3 Å². The van der Waals surface area contributed by atoms with Crippen molar-refractivity contribution in [1.29, 1.82) is 0 Å². The molecule has 2 atom stereocenters. The van der Waals surface area contributed by atoms with E-state index in [9.17, 15) is 14.4 Å². The monoisotopic (exact) mass is 354 g/mol. The lowest BCUT2D eigenvalue weighted by Gasteiger charge is -2.44. The first-order valence-electron chi connectivity index (χ1n) is 6.80. The summed E-state index contributed by atoms with van der Waals surface area (Å²) in [5.74, 6) is -0.554. The summed E-state index contributed by atoms with van der Waals surface area (Å²) in [6, 6.07) is 0.0690.